The summed E-state index contributed by atoms with van der Waals surface area (Å²) in [5, 5.41) is 9.89. The average molecular weight is 464 g/mol. The van der Waals surface area contributed by atoms with Crippen LogP contribution in [-0.4, -0.2) is 49.9 Å². The summed E-state index contributed by atoms with van der Waals surface area (Å²) in [5.74, 6) is 1.14. The fraction of sp³-hybridized carbons (Fsp3) is 0.409. The largest absolute Gasteiger partial charge is 0.496 e. The van der Waals surface area contributed by atoms with Gasteiger partial charge >= 0.3 is 5.97 Å². The summed E-state index contributed by atoms with van der Waals surface area (Å²) in [6, 6.07) is 10.7. The number of carbonyl (C=O) groups is 1. The number of methoxy groups -OCH3 is 3. The van der Waals surface area contributed by atoms with Crippen LogP contribution in [0.5, 0.6) is 17.2 Å². The van der Waals surface area contributed by atoms with Crippen LogP contribution < -0.4 is 14.2 Å². The SMILES string of the molecule is COc1ccc(C(c2cc(Br)ccc2OC)N2CCCCC2C(=O)O)cc1OC. The van der Waals surface area contributed by atoms with Crippen molar-refractivity contribution in [2.75, 3.05) is 27.9 Å². The number of halogens is 1. The van der Waals surface area contributed by atoms with Crippen LogP contribution >= 0.6 is 15.9 Å². The van der Waals surface area contributed by atoms with Gasteiger partial charge in [-0.2, -0.15) is 0 Å². The normalized spacial score (nSPS) is 18.1. The Balaban J connectivity index is 2.19. The summed E-state index contributed by atoms with van der Waals surface area (Å²) in [7, 11) is 4.82. The van der Waals surface area contributed by atoms with E-state index in [0.29, 0.717) is 30.2 Å². The Kier molecular flexibility index (Phi) is 7.03. The van der Waals surface area contributed by atoms with E-state index in [0.717, 1.165) is 28.4 Å². The number of rotatable bonds is 7. The van der Waals surface area contributed by atoms with Crippen LogP contribution in [0.15, 0.2) is 40.9 Å². The summed E-state index contributed by atoms with van der Waals surface area (Å²) >= 11 is 3.55. The van der Waals surface area contributed by atoms with Gasteiger partial charge in [-0.25, -0.2) is 0 Å². The molecule has 2 unspecified atom stereocenters. The minimum Gasteiger partial charge on any atom is -0.496 e. The van der Waals surface area contributed by atoms with Gasteiger partial charge in [0.2, 0.25) is 0 Å². The van der Waals surface area contributed by atoms with Gasteiger partial charge in [0, 0.05) is 10.0 Å². The van der Waals surface area contributed by atoms with Crippen molar-refractivity contribution in [3.63, 3.8) is 0 Å². The molecule has 156 valence electrons. The Labute approximate surface area is 179 Å². The third kappa shape index (κ3) is 4.51. The molecule has 1 aliphatic heterocycles. The molecule has 1 N–H and O–H groups in total. The summed E-state index contributed by atoms with van der Waals surface area (Å²) in [6.07, 6.45) is 2.47. The van der Waals surface area contributed by atoms with E-state index in [1.54, 1.807) is 21.3 Å². The van der Waals surface area contributed by atoms with Gasteiger partial charge in [0.25, 0.3) is 0 Å². The molecule has 3 rings (SSSR count). The van der Waals surface area contributed by atoms with Crippen molar-refractivity contribution in [3.8, 4) is 17.2 Å². The fourth-order valence-electron chi connectivity index (χ4n) is 4.02. The maximum Gasteiger partial charge on any atom is 0.320 e. The minimum atomic E-state index is -0.802. The fourth-order valence-corrected chi connectivity index (χ4v) is 4.40. The highest BCUT2D eigenvalue weighted by atomic mass is 79.9. The van der Waals surface area contributed by atoms with E-state index in [4.69, 9.17) is 14.2 Å². The number of likely N-dealkylation sites (tertiary alicyclic amines) is 1. The number of hydrogen-bond acceptors (Lipinski definition) is 5. The molecule has 0 spiro atoms. The predicted molar refractivity (Wildman–Crippen MR) is 114 cm³/mol. The van der Waals surface area contributed by atoms with Gasteiger partial charge in [-0.15, -0.1) is 0 Å². The molecule has 2 aromatic rings. The van der Waals surface area contributed by atoms with Crippen molar-refractivity contribution in [2.24, 2.45) is 0 Å². The lowest BCUT2D eigenvalue weighted by Gasteiger charge is -2.40. The molecule has 1 heterocycles. The number of nitrogens with zero attached hydrogens (tertiary/aromatic N) is 1. The first-order valence-electron chi connectivity index (χ1n) is 9.54. The zero-order valence-corrected chi connectivity index (χ0v) is 18.4. The van der Waals surface area contributed by atoms with Crippen molar-refractivity contribution in [1.82, 2.24) is 4.90 Å². The van der Waals surface area contributed by atoms with Gasteiger partial charge in [0.05, 0.1) is 27.4 Å². The van der Waals surface area contributed by atoms with Crippen molar-refractivity contribution < 1.29 is 24.1 Å². The van der Waals surface area contributed by atoms with E-state index in [9.17, 15) is 9.90 Å². The maximum atomic E-state index is 12.0. The zero-order valence-electron chi connectivity index (χ0n) is 16.9. The van der Waals surface area contributed by atoms with Gasteiger partial charge in [0.15, 0.2) is 11.5 Å². The van der Waals surface area contributed by atoms with Gasteiger partial charge in [-0.05, 0) is 55.3 Å². The average Bonchev–Trinajstić information content (AvgIpc) is 2.74. The maximum absolute atomic E-state index is 12.0. The smallest absolute Gasteiger partial charge is 0.320 e. The minimum absolute atomic E-state index is 0.302. The van der Waals surface area contributed by atoms with E-state index in [2.05, 4.69) is 20.8 Å². The van der Waals surface area contributed by atoms with E-state index < -0.39 is 12.0 Å². The third-order valence-electron chi connectivity index (χ3n) is 5.37. The van der Waals surface area contributed by atoms with Crippen molar-refractivity contribution in [3.05, 3.63) is 52.0 Å². The molecular formula is C22H26BrNO5. The highest BCUT2D eigenvalue weighted by molar-refractivity contribution is 9.10. The zero-order chi connectivity index (χ0) is 21.0. The molecule has 0 aliphatic carbocycles. The van der Waals surface area contributed by atoms with Crippen LogP contribution in [0.3, 0.4) is 0 Å². The molecule has 0 saturated carbocycles. The summed E-state index contributed by atoms with van der Waals surface area (Å²) in [5.41, 5.74) is 1.83. The number of benzene rings is 2. The highest BCUT2D eigenvalue weighted by Crippen LogP contribution is 2.42. The van der Waals surface area contributed by atoms with Gasteiger partial charge < -0.3 is 19.3 Å². The van der Waals surface area contributed by atoms with Gasteiger partial charge in [-0.3, -0.25) is 9.69 Å². The van der Waals surface area contributed by atoms with Crippen LogP contribution in [-0.2, 0) is 4.79 Å². The second-order valence-corrected chi connectivity index (χ2v) is 7.91. The topological polar surface area (TPSA) is 68.2 Å². The molecule has 0 aromatic heterocycles. The lowest BCUT2D eigenvalue weighted by Crippen LogP contribution is -2.46. The lowest BCUT2D eigenvalue weighted by atomic mass is 9.91. The molecule has 0 amide bonds. The van der Waals surface area contributed by atoms with Crippen LogP contribution in [0.25, 0.3) is 0 Å². The quantitative estimate of drug-likeness (QED) is 0.651. The van der Waals surface area contributed by atoms with E-state index in [-0.39, 0.29) is 6.04 Å². The molecule has 29 heavy (non-hydrogen) atoms. The van der Waals surface area contributed by atoms with Crippen molar-refractivity contribution >= 4 is 21.9 Å². The number of aliphatic carboxylic acids is 1. The summed E-state index contributed by atoms with van der Waals surface area (Å²) in [6.45, 7) is 0.686. The van der Waals surface area contributed by atoms with Gasteiger partial charge in [0.1, 0.15) is 11.8 Å². The predicted octanol–water partition coefficient (Wildman–Crippen LogP) is 4.50. The third-order valence-corrected chi connectivity index (χ3v) is 5.86. The number of carboxylic acid groups (broad SMARTS) is 1. The molecule has 6 nitrogen and oxygen atoms in total. The van der Waals surface area contributed by atoms with Crippen LogP contribution in [0.2, 0.25) is 0 Å². The van der Waals surface area contributed by atoms with Crippen LogP contribution in [0.4, 0.5) is 0 Å². The Morgan fingerprint density at radius 2 is 1.72 bits per heavy atom. The molecule has 0 bridgehead atoms. The number of hydrogen-bond donors (Lipinski definition) is 1. The van der Waals surface area contributed by atoms with Gasteiger partial charge in [-0.1, -0.05) is 28.4 Å². The number of ether oxygens (including phenoxy) is 3. The first kappa shape index (κ1) is 21.5. The second kappa shape index (κ2) is 9.50. The van der Waals surface area contributed by atoms with E-state index in [1.807, 2.05) is 36.4 Å². The molecule has 0 radical (unpaired) electrons. The van der Waals surface area contributed by atoms with Crippen LogP contribution in [0.1, 0.15) is 36.4 Å². The molecule has 2 atom stereocenters. The van der Waals surface area contributed by atoms with Crippen LogP contribution in [0, 0.1) is 0 Å². The Morgan fingerprint density at radius 1 is 1.03 bits per heavy atom. The standard InChI is InChI=1S/C22H26BrNO5/c1-27-18-10-8-15(23)13-16(18)21(24-11-5-4-6-17(24)22(25)26)14-7-9-19(28-2)20(12-14)29-3/h7-10,12-13,17,21H,4-6,11H2,1-3H3,(H,25,26). The summed E-state index contributed by atoms with van der Waals surface area (Å²) in [4.78, 5) is 14.1. The Morgan fingerprint density at radius 3 is 2.38 bits per heavy atom. The first-order valence-corrected chi connectivity index (χ1v) is 10.3. The molecule has 1 fully saturated rings. The summed E-state index contributed by atoms with van der Waals surface area (Å²) < 4.78 is 17.4. The second-order valence-electron chi connectivity index (χ2n) is 6.99. The lowest BCUT2D eigenvalue weighted by molar-refractivity contribution is -0.145. The molecule has 1 aliphatic rings. The van der Waals surface area contributed by atoms with E-state index >= 15 is 0 Å². The Hall–Kier alpha value is -2.25. The van der Waals surface area contributed by atoms with E-state index in [1.165, 1.54) is 0 Å². The highest BCUT2D eigenvalue weighted by Gasteiger charge is 2.36. The molecule has 2 aromatic carbocycles. The number of carboxylic acids is 1. The monoisotopic (exact) mass is 463 g/mol. The van der Waals surface area contributed by atoms with Crippen molar-refractivity contribution in [1.29, 1.82) is 0 Å². The molecule has 1 saturated heterocycles. The Bertz CT molecular complexity index is 872. The number of piperidine rings is 1. The van der Waals surface area contributed by atoms with Crippen molar-refractivity contribution in [2.45, 2.75) is 31.3 Å². The molecular weight excluding hydrogens is 438 g/mol. The molecule has 7 heteroatoms. The first-order chi connectivity index (χ1) is 14.0.